The fourth-order valence-corrected chi connectivity index (χ4v) is 3.17. The zero-order valence-corrected chi connectivity index (χ0v) is 12.5. The Kier molecular flexibility index (Phi) is 4.08. The summed E-state index contributed by atoms with van der Waals surface area (Å²) in [6, 6.07) is 0. The monoisotopic (exact) mass is 278 g/mol. The molecule has 0 N–H and O–H groups in total. The maximum Gasteiger partial charge on any atom is 0.324 e. The van der Waals surface area contributed by atoms with Crippen LogP contribution in [0.15, 0.2) is 0 Å². The molecule has 2 fully saturated rings. The van der Waals surface area contributed by atoms with Crippen molar-refractivity contribution in [2.75, 3.05) is 14.2 Å². The van der Waals surface area contributed by atoms with Gasteiger partial charge in [-0.3, -0.25) is 9.59 Å². The number of esters is 2. The second kappa shape index (κ2) is 5.47. The summed E-state index contributed by atoms with van der Waals surface area (Å²) in [5.74, 6) is 5.77. The summed E-state index contributed by atoms with van der Waals surface area (Å²) in [6.45, 7) is 1.84. The second-order valence-electron chi connectivity index (χ2n) is 6.00. The third-order valence-electron chi connectivity index (χ3n) is 4.66. The van der Waals surface area contributed by atoms with Gasteiger partial charge in [0.1, 0.15) is 0 Å². The number of methoxy groups -OCH3 is 2. The Morgan fingerprint density at radius 3 is 2.10 bits per heavy atom. The third kappa shape index (κ3) is 2.30. The van der Waals surface area contributed by atoms with Crippen LogP contribution in [0.5, 0.6) is 0 Å². The molecular formula is C16H22O4. The van der Waals surface area contributed by atoms with Gasteiger partial charge in [0.15, 0.2) is 5.41 Å². The first kappa shape index (κ1) is 14.9. The number of hydrogen-bond donors (Lipinski definition) is 0. The largest absolute Gasteiger partial charge is 0.468 e. The van der Waals surface area contributed by atoms with E-state index in [0.29, 0.717) is 12.3 Å². The van der Waals surface area contributed by atoms with E-state index in [4.69, 9.17) is 9.47 Å². The van der Waals surface area contributed by atoms with Crippen molar-refractivity contribution in [1.82, 2.24) is 0 Å². The molecule has 2 aliphatic rings. The minimum Gasteiger partial charge on any atom is -0.468 e. The Bertz CT molecular complexity index is 449. The lowest BCUT2D eigenvalue weighted by atomic mass is 9.88. The van der Waals surface area contributed by atoms with Crippen molar-refractivity contribution in [3.63, 3.8) is 0 Å². The summed E-state index contributed by atoms with van der Waals surface area (Å²) in [5.41, 5.74) is -1.87. The Labute approximate surface area is 120 Å². The molecule has 4 nitrogen and oxygen atoms in total. The zero-order valence-electron chi connectivity index (χ0n) is 12.5. The molecule has 1 atom stereocenters. The molecular weight excluding hydrogens is 256 g/mol. The highest BCUT2D eigenvalue weighted by molar-refractivity contribution is 6.05. The highest BCUT2D eigenvalue weighted by Crippen LogP contribution is 2.64. The van der Waals surface area contributed by atoms with E-state index in [2.05, 4.69) is 11.8 Å². The molecule has 0 aliphatic heterocycles. The molecule has 4 heteroatoms. The fourth-order valence-electron chi connectivity index (χ4n) is 3.17. The van der Waals surface area contributed by atoms with E-state index < -0.39 is 22.8 Å². The normalized spacial score (nSPS) is 27.9. The van der Waals surface area contributed by atoms with Crippen molar-refractivity contribution in [1.29, 1.82) is 0 Å². The van der Waals surface area contributed by atoms with E-state index in [9.17, 15) is 9.59 Å². The minimum atomic E-state index is -1.22. The Morgan fingerprint density at radius 1 is 1.05 bits per heavy atom. The summed E-state index contributed by atoms with van der Waals surface area (Å²) in [6.07, 6.45) is 6.34. The quantitative estimate of drug-likeness (QED) is 0.442. The summed E-state index contributed by atoms with van der Waals surface area (Å²) in [5, 5.41) is 0. The first-order valence-corrected chi connectivity index (χ1v) is 7.20. The van der Waals surface area contributed by atoms with Crippen molar-refractivity contribution < 1.29 is 19.1 Å². The summed E-state index contributed by atoms with van der Waals surface area (Å²) in [7, 11) is 2.58. The van der Waals surface area contributed by atoms with Gasteiger partial charge in [0, 0.05) is 5.92 Å². The molecule has 2 saturated carbocycles. The van der Waals surface area contributed by atoms with Gasteiger partial charge >= 0.3 is 11.9 Å². The SMILES string of the molecule is COC(=O)C1(C(=O)OC)CC1(C)C#CC1CCCCC1. The van der Waals surface area contributed by atoms with Crippen LogP contribution in [0.2, 0.25) is 0 Å². The van der Waals surface area contributed by atoms with Crippen LogP contribution in [0.4, 0.5) is 0 Å². The van der Waals surface area contributed by atoms with Crippen LogP contribution in [-0.4, -0.2) is 26.2 Å². The van der Waals surface area contributed by atoms with Crippen molar-refractivity contribution in [2.24, 2.45) is 16.7 Å². The topological polar surface area (TPSA) is 52.6 Å². The molecule has 2 aliphatic carbocycles. The molecule has 2 rings (SSSR count). The van der Waals surface area contributed by atoms with Gasteiger partial charge in [-0.2, -0.15) is 0 Å². The number of rotatable bonds is 2. The van der Waals surface area contributed by atoms with Crippen LogP contribution in [0, 0.1) is 28.6 Å². The molecule has 20 heavy (non-hydrogen) atoms. The molecule has 0 amide bonds. The lowest BCUT2D eigenvalue weighted by Gasteiger charge is -2.17. The Hall–Kier alpha value is -1.50. The van der Waals surface area contributed by atoms with Crippen molar-refractivity contribution in [3.05, 3.63) is 0 Å². The molecule has 0 aromatic rings. The lowest BCUT2D eigenvalue weighted by Crippen LogP contribution is -2.33. The maximum atomic E-state index is 12.0. The van der Waals surface area contributed by atoms with Crippen LogP contribution < -0.4 is 0 Å². The highest BCUT2D eigenvalue weighted by atomic mass is 16.5. The standard InChI is InChI=1S/C16H22O4/c1-15(10-9-12-7-5-4-6-8-12)11-16(15,13(17)19-2)14(18)20-3/h12H,4-8,11H2,1-3H3. The van der Waals surface area contributed by atoms with Crippen molar-refractivity contribution in [3.8, 4) is 11.8 Å². The van der Waals surface area contributed by atoms with Crippen LogP contribution in [0.3, 0.4) is 0 Å². The molecule has 0 radical (unpaired) electrons. The lowest BCUT2D eigenvalue weighted by molar-refractivity contribution is -0.162. The van der Waals surface area contributed by atoms with Gasteiger partial charge in [-0.15, -0.1) is 0 Å². The number of carbonyl (C=O) groups is 2. The van der Waals surface area contributed by atoms with Crippen molar-refractivity contribution >= 4 is 11.9 Å². The summed E-state index contributed by atoms with van der Waals surface area (Å²) in [4.78, 5) is 23.9. The number of carbonyl (C=O) groups excluding carboxylic acids is 2. The zero-order chi connectivity index (χ0) is 14.8. The molecule has 1 unspecified atom stereocenters. The summed E-state index contributed by atoms with van der Waals surface area (Å²) < 4.78 is 9.56. The van der Waals surface area contributed by atoms with Gasteiger partial charge in [0.25, 0.3) is 0 Å². The summed E-state index contributed by atoms with van der Waals surface area (Å²) >= 11 is 0. The smallest absolute Gasteiger partial charge is 0.324 e. The van der Waals surface area contributed by atoms with E-state index in [1.807, 2.05) is 6.92 Å². The van der Waals surface area contributed by atoms with E-state index >= 15 is 0 Å². The van der Waals surface area contributed by atoms with E-state index in [-0.39, 0.29) is 0 Å². The molecule has 0 aromatic heterocycles. The Balaban J connectivity index is 2.17. The predicted octanol–water partition coefficient (Wildman–Crippen LogP) is 2.31. The number of ether oxygens (including phenoxy) is 2. The molecule has 0 heterocycles. The highest BCUT2D eigenvalue weighted by Gasteiger charge is 2.76. The average molecular weight is 278 g/mol. The first-order chi connectivity index (χ1) is 9.50. The Morgan fingerprint density at radius 2 is 1.60 bits per heavy atom. The maximum absolute atomic E-state index is 12.0. The van der Waals surface area contributed by atoms with Crippen molar-refractivity contribution in [2.45, 2.75) is 45.4 Å². The van der Waals surface area contributed by atoms with E-state index in [1.165, 1.54) is 33.5 Å². The van der Waals surface area contributed by atoms with E-state index in [1.54, 1.807) is 0 Å². The second-order valence-corrected chi connectivity index (χ2v) is 6.00. The van der Waals surface area contributed by atoms with Gasteiger partial charge in [0.2, 0.25) is 0 Å². The number of hydrogen-bond acceptors (Lipinski definition) is 4. The average Bonchev–Trinajstić information content (AvgIpc) is 3.12. The molecule has 0 aromatic carbocycles. The van der Waals surface area contributed by atoms with Gasteiger partial charge in [-0.1, -0.05) is 31.1 Å². The van der Waals surface area contributed by atoms with Crippen LogP contribution in [0.1, 0.15) is 45.4 Å². The van der Waals surface area contributed by atoms with Gasteiger partial charge < -0.3 is 9.47 Å². The minimum absolute atomic E-state index is 0.388. The van der Waals surface area contributed by atoms with Gasteiger partial charge in [0.05, 0.1) is 19.6 Å². The molecule has 0 saturated heterocycles. The van der Waals surface area contributed by atoms with Crippen LogP contribution in [-0.2, 0) is 19.1 Å². The third-order valence-corrected chi connectivity index (χ3v) is 4.66. The molecule has 0 spiro atoms. The van der Waals surface area contributed by atoms with Crippen LogP contribution in [0.25, 0.3) is 0 Å². The van der Waals surface area contributed by atoms with Crippen LogP contribution >= 0.6 is 0 Å². The molecule has 0 bridgehead atoms. The van der Waals surface area contributed by atoms with Gasteiger partial charge in [-0.25, -0.2) is 0 Å². The fraction of sp³-hybridized carbons (Fsp3) is 0.750. The predicted molar refractivity (Wildman–Crippen MR) is 73.5 cm³/mol. The molecule has 110 valence electrons. The van der Waals surface area contributed by atoms with E-state index in [0.717, 1.165) is 12.8 Å². The van der Waals surface area contributed by atoms with Gasteiger partial charge in [-0.05, 0) is 26.2 Å². The first-order valence-electron chi connectivity index (χ1n) is 7.20.